The predicted octanol–water partition coefficient (Wildman–Crippen LogP) is 2.16. The maximum atomic E-state index is 10.4. The van der Waals surface area contributed by atoms with Crippen molar-refractivity contribution in [2.24, 2.45) is 5.73 Å². The molecule has 0 aliphatic rings. The van der Waals surface area contributed by atoms with Gasteiger partial charge in [-0.25, -0.2) is 0 Å². The molecule has 0 fully saturated rings. The Kier molecular flexibility index (Phi) is 11.7. The number of carboxylic acid groups (broad SMARTS) is 1. The van der Waals surface area contributed by atoms with E-state index in [0.717, 1.165) is 0 Å². The number of hydrogen-bond donors (Lipinski definition) is 2. The molecule has 0 aromatic carbocycles. The van der Waals surface area contributed by atoms with Gasteiger partial charge < -0.3 is 15.3 Å². The van der Waals surface area contributed by atoms with Crippen LogP contribution in [-0.2, 0) is 11.3 Å². The zero-order valence-electron chi connectivity index (χ0n) is 11.2. The highest BCUT2D eigenvalue weighted by molar-refractivity contribution is 5.73. The van der Waals surface area contributed by atoms with Crippen molar-refractivity contribution in [2.45, 2.75) is 53.5 Å². The van der Waals surface area contributed by atoms with E-state index >= 15 is 0 Å². The van der Waals surface area contributed by atoms with Crippen molar-refractivity contribution in [1.29, 1.82) is 0 Å². The molecule has 6 heteroatoms. The summed E-state index contributed by atoms with van der Waals surface area (Å²) in [4.78, 5) is 10.4. The number of hydrogen-bond acceptors (Lipinski definition) is 5. The van der Waals surface area contributed by atoms with E-state index in [1.807, 2.05) is 13.8 Å². The topological polar surface area (TPSA) is 102 Å². The van der Waals surface area contributed by atoms with Crippen molar-refractivity contribution in [2.75, 3.05) is 0 Å². The summed E-state index contributed by atoms with van der Waals surface area (Å²) in [7, 11) is 0. The normalized spacial score (nSPS) is 10.5. The standard InChI is InChI=1S/C6H9N3O3.C3H8.C2H6/c1-3(6(10)11)5-9-8-4(2-7)12-5;1-3-2;1-2/h3H,2,7H2,1H3,(H,10,11);3H2,1-2H3;1-2H3. The molecule has 1 heterocycles. The third-order valence-corrected chi connectivity index (χ3v) is 1.40. The quantitative estimate of drug-likeness (QED) is 0.845. The molecule has 0 aliphatic carbocycles. The summed E-state index contributed by atoms with van der Waals surface area (Å²) in [6.45, 7) is 9.84. The third-order valence-electron chi connectivity index (χ3n) is 1.40. The van der Waals surface area contributed by atoms with Gasteiger partial charge in [-0.15, -0.1) is 10.2 Å². The fourth-order valence-electron chi connectivity index (χ4n) is 0.630. The summed E-state index contributed by atoms with van der Waals surface area (Å²) in [5, 5.41) is 15.6. The summed E-state index contributed by atoms with van der Waals surface area (Å²) < 4.78 is 4.93. The van der Waals surface area contributed by atoms with Crippen LogP contribution in [0.5, 0.6) is 0 Å². The zero-order valence-corrected chi connectivity index (χ0v) is 11.2. The Morgan fingerprint density at radius 1 is 1.41 bits per heavy atom. The predicted molar refractivity (Wildman–Crippen MR) is 65.6 cm³/mol. The van der Waals surface area contributed by atoms with Crippen LogP contribution < -0.4 is 5.73 Å². The van der Waals surface area contributed by atoms with Crippen molar-refractivity contribution >= 4 is 5.97 Å². The van der Waals surface area contributed by atoms with Gasteiger partial charge in [-0.05, 0) is 6.92 Å². The van der Waals surface area contributed by atoms with E-state index in [2.05, 4.69) is 24.0 Å². The lowest BCUT2D eigenvalue weighted by Crippen LogP contribution is -2.07. The second-order valence-corrected chi connectivity index (χ2v) is 3.01. The molecule has 17 heavy (non-hydrogen) atoms. The largest absolute Gasteiger partial charge is 0.481 e. The molecule has 3 N–H and O–H groups in total. The summed E-state index contributed by atoms with van der Waals surface area (Å²) in [5.41, 5.74) is 5.20. The van der Waals surface area contributed by atoms with Gasteiger partial charge in [0.2, 0.25) is 11.8 Å². The van der Waals surface area contributed by atoms with Crippen LogP contribution in [0.15, 0.2) is 4.42 Å². The molecule has 0 amide bonds. The van der Waals surface area contributed by atoms with E-state index in [1.165, 1.54) is 13.3 Å². The van der Waals surface area contributed by atoms with Gasteiger partial charge in [0, 0.05) is 0 Å². The molecule has 0 saturated heterocycles. The second kappa shape index (κ2) is 11.1. The van der Waals surface area contributed by atoms with Gasteiger partial charge in [0.1, 0.15) is 5.92 Å². The minimum atomic E-state index is -0.998. The van der Waals surface area contributed by atoms with Crippen LogP contribution in [0.3, 0.4) is 0 Å². The highest BCUT2D eigenvalue weighted by Crippen LogP contribution is 2.12. The van der Waals surface area contributed by atoms with Gasteiger partial charge >= 0.3 is 5.97 Å². The van der Waals surface area contributed by atoms with Crippen LogP contribution in [0.25, 0.3) is 0 Å². The lowest BCUT2D eigenvalue weighted by molar-refractivity contribution is -0.138. The fourth-order valence-corrected chi connectivity index (χ4v) is 0.630. The van der Waals surface area contributed by atoms with E-state index < -0.39 is 11.9 Å². The van der Waals surface area contributed by atoms with E-state index in [4.69, 9.17) is 15.3 Å². The highest BCUT2D eigenvalue weighted by atomic mass is 16.4. The minimum absolute atomic E-state index is 0.0861. The first-order chi connectivity index (χ1) is 8.06. The molecule has 100 valence electrons. The molecule has 0 spiro atoms. The molecule has 0 bridgehead atoms. The summed E-state index contributed by atoms with van der Waals surface area (Å²) in [6, 6.07) is 0. The van der Waals surface area contributed by atoms with Crippen LogP contribution in [-0.4, -0.2) is 21.3 Å². The van der Waals surface area contributed by atoms with Crippen molar-refractivity contribution in [3.05, 3.63) is 11.8 Å². The van der Waals surface area contributed by atoms with Crippen molar-refractivity contribution in [3.8, 4) is 0 Å². The lowest BCUT2D eigenvalue weighted by Gasteiger charge is -1.96. The molecular weight excluding hydrogens is 222 g/mol. The first-order valence-electron chi connectivity index (χ1n) is 5.81. The smallest absolute Gasteiger partial charge is 0.315 e. The first kappa shape index (κ1) is 17.9. The molecule has 1 aromatic rings. The van der Waals surface area contributed by atoms with Gasteiger partial charge in [0.25, 0.3) is 0 Å². The first-order valence-corrected chi connectivity index (χ1v) is 5.81. The van der Waals surface area contributed by atoms with Crippen molar-refractivity contribution in [3.63, 3.8) is 0 Å². The fraction of sp³-hybridized carbons (Fsp3) is 0.727. The number of aromatic nitrogens is 2. The maximum Gasteiger partial charge on any atom is 0.315 e. The zero-order chi connectivity index (χ0) is 13.8. The average molecular weight is 245 g/mol. The number of aliphatic carboxylic acids is 1. The molecule has 1 aromatic heterocycles. The van der Waals surface area contributed by atoms with Crippen LogP contribution in [0.1, 0.15) is 58.7 Å². The minimum Gasteiger partial charge on any atom is -0.481 e. The molecule has 0 radical (unpaired) electrons. The van der Waals surface area contributed by atoms with Gasteiger partial charge in [-0.3, -0.25) is 4.79 Å². The van der Waals surface area contributed by atoms with Gasteiger partial charge in [-0.2, -0.15) is 0 Å². The molecule has 6 nitrogen and oxygen atoms in total. The van der Waals surface area contributed by atoms with Crippen LogP contribution in [0.2, 0.25) is 0 Å². The molecule has 1 rings (SSSR count). The van der Waals surface area contributed by atoms with Gasteiger partial charge in [0.15, 0.2) is 0 Å². The van der Waals surface area contributed by atoms with E-state index in [1.54, 1.807) is 0 Å². The van der Waals surface area contributed by atoms with Gasteiger partial charge in [0.05, 0.1) is 6.54 Å². The van der Waals surface area contributed by atoms with Crippen LogP contribution in [0, 0.1) is 0 Å². The monoisotopic (exact) mass is 245 g/mol. The number of nitrogens with zero attached hydrogens (tertiary/aromatic N) is 2. The van der Waals surface area contributed by atoms with E-state index in [-0.39, 0.29) is 18.3 Å². The number of rotatable bonds is 3. The number of nitrogens with two attached hydrogens (primary N) is 1. The molecule has 1 unspecified atom stereocenters. The van der Waals surface area contributed by atoms with Crippen LogP contribution >= 0.6 is 0 Å². The Morgan fingerprint density at radius 3 is 2.18 bits per heavy atom. The van der Waals surface area contributed by atoms with E-state index in [9.17, 15) is 4.79 Å². The number of carboxylic acids is 1. The Bertz CT molecular complexity index is 300. The molecule has 0 saturated carbocycles. The van der Waals surface area contributed by atoms with Crippen molar-refractivity contribution in [1.82, 2.24) is 10.2 Å². The highest BCUT2D eigenvalue weighted by Gasteiger charge is 2.19. The summed E-state index contributed by atoms with van der Waals surface area (Å²) >= 11 is 0. The Hall–Kier alpha value is -1.43. The van der Waals surface area contributed by atoms with E-state index in [0.29, 0.717) is 0 Å². The molecule has 0 aliphatic heterocycles. The Morgan fingerprint density at radius 2 is 1.88 bits per heavy atom. The maximum absolute atomic E-state index is 10.4. The molecule has 1 atom stereocenters. The SMILES string of the molecule is CC.CC(C(=O)O)c1nnc(CN)o1.CCC. The van der Waals surface area contributed by atoms with Crippen molar-refractivity contribution < 1.29 is 14.3 Å². The molecular formula is C11H23N3O3. The van der Waals surface area contributed by atoms with Gasteiger partial charge in [-0.1, -0.05) is 34.1 Å². The Balaban J connectivity index is 0. The lowest BCUT2D eigenvalue weighted by atomic mass is 10.2. The average Bonchev–Trinajstić information content (AvgIpc) is 2.80. The summed E-state index contributed by atoms with van der Waals surface area (Å²) in [5.74, 6) is -1.44. The van der Waals surface area contributed by atoms with Crippen LogP contribution in [0.4, 0.5) is 0 Å². The second-order valence-electron chi connectivity index (χ2n) is 3.01. The Labute approximate surface area is 102 Å². The summed E-state index contributed by atoms with van der Waals surface area (Å²) in [6.07, 6.45) is 1.25. The number of carbonyl (C=O) groups is 1. The third kappa shape index (κ3) is 7.46.